The van der Waals surface area contributed by atoms with Crippen LogP contribution in [0.1, 0.15) is 19.2 Å². The zero-order valence-corrected chi connectivity index (χ0v) is 10.1. The third kappa shape index (κ3) is 4.02. The molecular formula is C11H21N5. The SMILES string of the molecule is CCN(CCC(=N)N)CCc1nccn1C. The molecule has 0 aliphatic carbocycles. The van der Waals surface area contributed by atoms with Gasteiger partial charge in [0, 0.05) is 45.4 Å². The first-order valence-electron chi connectivity index (χ1n) is 5.65. The summed E-state index contributed by atoms with van der Waals surface area (Å²) in [5.41, 5.74) is 5.35. The molecule has 0 unspecified atom stereocenters. The van der Waals surface area contributed by atoms with E-state index in [0.29, 0.717) is 6.42 Å². The Kier molecular flexibility index (Phi) is 4.98. The lowest BCUT2D eigenvalue weighted by Crippen LogP contribution is -2.30. The standard InChI is InChI=1S/C11H21N5/c1-3-16(7-4-10(12)13)8-5-11-14-6-9-15(11)2/h6,9H,3-5,7-8H2,1-2H3,(H3,12,13). The Labute approximate surface area is 96.8 Å². The van der Waals surface area contributed by atoms with Crippen molar-refractivity contribution in [3.05, 3.63) is 18.2 Å². The lowest BCUT2D eigenvalue weighted by molar-refractivity contribution is 0.297. The first-order valence-corrected chi connectivity index (χ1v) is 5.65. The van der Waals surface area contributed by atoms with Crippen molar-refractivity contribution in [1.82, 2.24) is 14.5 Å². The van der Waals surface area contributed by atoms with Crippen LogP contribution in [0.2, 0.25) is 0 Å². The quantitative estimate of drug-likeness (QED) is 0.525. The van der Waals surface area contributed by atoms with Crippen molar-refractivity contribution in [3.8, 4) is 0 Å². The summed E-state index contributed by atoms with van der Waals surface area (Å²) in [6.07, 6.45) is 5.37. The van der Waals surface area contributed by atoms with E-state index < -0.39 is 0 Å². The molecule has 0 saturated carbocycles. The van der Waals surface area contributed by atoms with Crippen molar-refractivity contribution in [2.24, 2.45) is 12.8 Å². The number of hydrogen-bond donors (Lipinski definition) is 2. The van der Waals surface area contributed by atoms with E-state index >= 15 is 0 Å². The minimum Gasteiger partial charge on any atom is -0.388 e. The number of imidazole rings is 1. The average molecular weight is 223 g/mol. The van der Waals surface area contributed by atoms with E-state index in [1.165, 1.54) is 0 Å². The molecule has 0 radical (unpaired) electrons. The van der Waals surface area contributed by atoms with Crippen molar-refractivity contribution < 1.29 is 0 Å². The topological polar surface area (TPSA) is 70.9 Å². The van der Waals surface area contributed by atoms with Gasteiger partial charge in [-0.2, -0.15) is 0 Å². The summed E-state index contributed by atoms with van der Waals surface area (Å²) in [5.74, 6) is 1.36. The molecule has 1 rings (SSSR count). The molecule has 0 saturated heterocycles. The maximum absolute atomic E-state index is 7.20. The summed E-state index contributed by atoms with van der Waals surface area (Å²) < 4.78 is 2.04. The van der Waals surface area contributed by atoms with E-state index in [2.05, 4.69) is 16.8 Å². The lowest BCUT2D eigenvalue weighted by atomic mass is 10.3. The number of rotatable bonds is 7. The van der Waals surface area contributed by atoms with Crippen molar-refractivity contribution >= 4 is 5.84 Å². The van der Waals surface area contributed by atoms with Gasteiger partial charge in [0.1, 0.15) is 5.82 Å². The molecule has 1 aromatic heterocycles. The molecule has 5 heteroatoms. The maximum Gasteiger partial charge on any atom is 0.109 e. The summed E-state index contributed by atoms with van der Waals surface area (Å²) in [6, 6.07) is 0. The fraction of sp³-hybridized carbons (Fsp3) is 0.636. The van der Waals surface area contributed by atoms with Gasteiger partial charge in [0.15, 0.2) is 0 Å². The molecule has 16 heavy (non-hydrogen) atoms. The van der Waals surface area contributed by atoms with Gasteiger partial charge in [0.2, 0.25) is 0 Å². The molecule has 0 spiro atoms. The fourth-order valence-electron chi connectivity index (χ4n) is 1.60. The molecule has 5 nitrogen and oxygen atoms in total. The average Bonchev–Trinajstić information content (AvgIpc) is 2.64. The Morgan fingerprint density at radius 1 is 1.56 bits per heavy atom. The van der Waals surface area contributed by atoms with Crippen molar-refractivity contribution in [1.29, 1.82) is 5.41 Å². The third-order valence-electron chi connectivity index (χ3n) is 2.72. The van der Waals surface area contributed by atoms with E-state index in [1.54, 1.807) is 0 Å². The molecule has 3 N–H and O–H groups in total. The highest BCUT2D eigenvalue weighted by Gasteiger charge is 2.05. The minimum atomic E-state index is 0.260. The van der Waals surface area contributed by atoms with Crippen LogP contribution in [0.5, 0.6) is 0 Å². The molecular weight excluding hydrogens is 202 g/mol. The molecule has 0 fully saturated rings. The van der Waals surface area contributed by atoms with Gasteiger partial charge in [0.05, 0.1) is 5.84 Å². The normalized spacial score (nSPS) is 10.9. The second-order valence-electron chi connectivity index (χ2n) is 3.91. The summed E-state index contributed by atoms with van der Waals surface area (Å²) in [4.78, 5) is 6.57. The predicted molar refractivity (Wildman–Crippen MR) is 65.6 cm³/mol. The van der Waals surface area contributed by atoms with Crippen LogP contribution >= 0.6 is 0 Å². The van der Waals surface area contributed by atoms with E-state index in [-0.39, 0.29) is 5.84 Å². The molecule has 0 bridgehead atoms. The maximum atomic E-state index is 7.20. The number of nitrogens with zero attached hydrogens (tertiary/aromatic N) is 3. The largest absolute Gasteiger partial charge is 0.388 e. The number of nitrogens with two attached hydrogens (primary N) is 1. The van der Waals surface area contributed by atoms with E-state index in [1.807, 2.05) is 24.0 Å². The zero-order chi connectivity index (χ0) is 12.0. The summed E-state index contributed by atoms with van der Waals surface area (Å²) in [6.45, 7) is 4.93. The van der Waals surface area contributed by atoms with Crippen LogP contribution in [-0.4, -0.2) is 39.9 Å². The molecule has 0 amide bonds. The van der Waals surface area contributed by atoms with Crippen molar-refractivity contribution in [2.75, 3.05) is 19.6 Å². The molecule has 0 aromatic carbocycles. The van der Waals surface area contributed by atoms with Gasteiger partial charge >= 0.3 is 0 Å². The van der Waals surface area contributed by atoms with Gasteiger partial charge in [-0.25, -0.2) is 4.98 Å². The van der Waals surface area contributed by atoms with Gasteiger partial charge < -0.3 is 15.2 Å². The van der Waals surface area contributed by atoms with Gasteiger partial charge in [0.25, 0.3) is 0 Å². The van der Waals surface area contributed by atoms with Crippen LogP contribution < -0.4 is 5.73 Å². The van der Waals surface area contributed by atoms with Gasteiger partial charge in [-0.1, -0.05) is 6.92 Å². The highest BCUT2D eigenvalue weighted by atomic mass is 15.1. The van der Waals surface area contributed by atoms with Gasteiger partial charge in [-0.15, -0.1) is 0 Å². The van der Waals surface area contributed by atoms with Crippen LogP contribution in [0, 0.1) is 5.41 Å². The molecule has 0 aliphatic rings. The third-order valence-corrected chi connectivity index (χ3v) is 2.72. The molecule has 1 aromatic rings. The smallest absolute Gasteiger partial charge is 0.109 e. The van der Waals surface area contributed by atoms with Crippen LogP contribution in [-0.2, 0) is 13.5 Å². The highest BCUT2D eigenvalue weighted by Crippen LogP contribution is 1.99. The number of nitrogens with one attached hydrogen (secondary N) is 1. The second kappa shape index (κ2) is 6.27. The Morgan fingerprint density at radius 3 is 2.81 bits per heavy atom. The lowest BCUT2D eigenvalue weighted by Gasteiger charge is -2.19. The number of likely N-dealkylation sites (N-methyl/N-ethyl adjacent to an activating group) is 1. The van der Waals surface area contributed by atoms with E-state index in [9.17, 15) is 0 Å². The van der Waals surface area contributed by atoms with E-state index in [4.69, 9.17) is 11.1 Å². The van der Waals surface area contributed by atoms with Crippen LogP contribution in [0.25, 0.3) is 0 Å². The molecule has 0 aliphatic heterocycles. The van der Waals surface area contributed by atoms with E-state index in [0.717, 1.165) is 31.9 Å². The van der Waals surface area contributed by atoms with Crippen LogP contribution in [0.4, 0.5) is 0 Å². The number of amidine groups is 1. The Morgan fingerprint density at radius 2 is 2.31 bits per heavy atom. The summed E-state index contributed by atoms with van der Waals surface area (Å²) in [7, 11) is 2.01. The summed E-state index contributed by atoms with van der Waals surface area (Å²) in [5, 5.41) is 7.20. The summed E-state index contributed by atoms with van der Waals surface area (Å²) >= 11 is 0. The van der Waals surface area contributed by atoms with Gasteiger partial charge in [-0.3, -0.25) is 5.41 Å². The second-order valence-corrected chi connectivity index (χ2v) is 3.91. The first kappa shape index (κ1) is 12.7. The molecule has 0 atom stereocenters. The van der Waals surface area contributed by atoms with Crippen LogP contribution in [0.3, 0.4) is 0 Å². The van der Waals surface area contributed by atoms with Crippen LogP contribution in [0.15, 0.2) is 12.4 Å². The monoisotopic (exact) mass is 223 g/mol. The minimum absolute atomic E-state index is 0.260. The van der Waals surface area contributed by atoms with Crippen molar-refractivity contribution in [2.45, 2.75) is 19.8 Å². The Bertz CT molecular complexity index is 331. The highest BCUT2D eigenvalue weighted by molar-refractivity contribution is 5.76. The first-order chi connectivity index (χ1) is 7.63. The number of aryl methyl sites for hydroxylation is 1. The Balaban J connectivity index is 2.34. The predicted octanol–water partition coefficient (Wildman–Crippen LogP) is 0.611. The van der Waals surface area contributed by atoms with Gasteiger partial charge in [-0.05, 0) is 6.54 Å². The number of aromatic nitrogens is 2. The zero-order valence-electron chi connectivity index (χ0n) is 10.1. The fourth-order valence-corrected chi connectivity index (χ4v) is 1.60. The molecule has 1 heterocycles. The van der Waals surface area contributed by atoms with Crippen molar-refractivity contribution in [3.63, 3.8) is 0 Å². The number of hydrogen-bond acceptors (Lipinski definition) is 3. The molecule has 90 valence electrons. The Hall–Kier alpha value is -1.36.